The summed E-state index contributed by atoms with van der Waals surface area (Å²) in [5, 5.41) is 6.78. The van der Waals surface area contributed by atoms with Crippen LogP contribution in [0.3, 0.4) is 0 Å². The van der Waals surface area contributed by atoms with Crippen molar-refractivity contribution in [1.82, 2.24) is 10.6 Å². The van der Waals surface area contributed by atoms with Crippen LogP contribution in [0, 0.1) is 0 Å². The lowest BCUT2D eigenvalue weighted by molar-refractivity contribution is 0.144. The highest BCUT2D eigenvalue weighted by Gasteiger charge is 2.12. The molecule has 0 bridgehead atoms. The lowest BCUT2D eigenvalue weighted by atomic mass is 10.1. The van der Waals surface area contributed by atoms with Gasteiger partial charge < -0.3 is 24.8 Å². The molecule has 0 fully saturated rings. The molecule has 0 aliphatic carbocycles. The van der Waals surface area contributed by atoms with Crippen LogP contribution in [-0.4, -0.2) is 45.5 Å². The Morgan fingerprint density at radius 1 is 1.00 bits per heavy atom. The molecular weight excluding hydrogens is 342 g/mol. The number of benzene rings is 1. The Morgan fingerprint density at radius 2 is 1.74 bits per heavy atom. The minimum Gasteiger partial charge on any atom is -0.490 e. The summed E-state index contributed by atoms with van der Waals surface area (Å²) in [6.07, 6.45) is 2.05. The molecule has 6 heteroatoms. The smallest absolute Gasteiger partial charge is 0.191 e. The van der Waals surface area contributed by atoms with Gasteiger partial charge in [0, 0.05) is 26.3 Å². The van der Waals surface area contributed by atoms with Crippen LogP contribution in [0.25, 0.3) is 0 Å². The molecule has 27 heavy (non-hydrogen) atoms. The van der Waals surface area contributed by atoms with Gasteiger partial charge in [-0.2, -0.15) is 0 Å². The van der Waals surface area contributed by atoms with Crippen LogP contribution in [0.4, 0.5) is 0 Å². The number of guanidine groups is 1. The van der Waals surface area contributed by atoms with E-state index in [1.165, 1.54) is 0 Å². The van der Waals surface area contributed by atoms with Gasteiger partial charge in [0.05, 0.1) is 19.3 Å². The summed E-state index contributed by atoms with van der Waals surface area (Å²) in [5.41, 5.74) is 1.13. The molecular formula is C21H37N3O3. The first kappa shape index (κ1) is 23.1. The van der Waals surface area contributed by atoms with E-state index in [2.05, 4.69) is 35.5 Å². The van der Waals surface area contributed by atoms with Gasteiger partial charge in [-0.25, -0.2) is 0 Å². The number of unbranched alkanes of at least 4 members (excludes halogenated alkanes) is 1. The van der Waals surface area contributed by atoms with E-state index in [0.29, 0.717) is 13.2 Å². The summed E-state index contributed by atoms with van der Waals surface area (Å²) < 4.78 is 16.7. The summed E-state index contributed by atoms with van der Waals surface area (Å²) in [4.78, 5) is 4.67. The molecule has 0 amide bonds. The standard InChI is InChI=1S/C21H37N3O3/c1-6-22-21(23-14-10-11-15-25-7-2)24-17(5)18-12-13-19(26-8-3)20(16-18)27-9-4/h12-13,16-17H,6-11,14-15H2,1-5H3,(H2,22,23,24). The zero-order chi connectivity index (χ0) is 19.9. The maximum absolute atomic E-state index is 5.73. The summed E-state index contributed by atoms with van der Waals surface area (Å²) in [6.45, 7) is 14.6. The van der Waals surface area contributed by atoms with E-state index < -0.39 is 0 Å². The lowest BCUT2D eigenvalue weighted by Gasteiger charge is -2.20. The zero-order valence-corrected chi connectivity index (χ0v) is 17.6. The molecule has 0 aliphatic rings. The first-order chi connectivity index (χ1) is 13.2. The summed E-state index contributed by atoms with van der Waals surface area (Å²) >= 11 is 0. The van der Waals surface area contributed by atoms with Gasteiger partial charge in [0.15, 0.2) is 17.5 Å². The summed E-state index contributed by atoms with van der Waals surface area (Å²) in [5.74, 6) is 2.39. The maximum atomic E-state index is 5.73. The van der Waals surface area contributed by atoms with Crippen molar-refractivity contribution in [2.24, 2.45) is 4.99 Å². The number of ether oxygens (including phenoxy) is 3. The van der Waals surface area contributed by atoms with Crippen LogP contribution in [0.5, 0.6) is 11.5 Å². The van der Waals surface area contributed by atoms with Crippen molar-refractivity contribution in [1.29, 1.82) is 0 Å². The third kappa shape index (κ3) is 9.00. The van der Waals surface area contributed by atoms with Crippen molar-refractivity contribution >= 4 is 5.96 Å². The van der Waals surface area contributed by atoms with E-state index >= 15 is 0 Å². The molecule has 0 aliphatic heterocycles. The number of rotatable bonds is 13. The molecule has 0 saturated carbocycles. The van der Waals surface area contributed by atoms with Crippen LogP contribution in [-0.2, 0) is 4.74 Å². The Balaban J connectivity index is 2.71. The summed E-state index contributed by atoms with van der Waals surface area (Å²) in [6, 6.07) is 6.18. The minimum atomic E-state index is 0.0982. The van der Waals surface area contributed by atoms with E-state index in [0.717, 1.165) is 62.2 Å². The number of aliphatic imine (C=N–C) groups is 1. The maximum Gasteiger partial charge on any atom is 0.191 e. The molecule has 0 radical (unpaired) electrons. The average molecular weight is 380 g/mol. The van der Waals surface area contributed by atoms with Crippen LogP contribution >= 0.6 is 0 Å². The highest BCUT2D eigenvalue weighted by atomic mass is 16.5. The van der Waals surface area contributed by atoms with E-state index in [1.54, 1.807) is 0 Å². The number of hydrogen-bond donors (Lipinski definition) is 2. The van der Waals surface area contributed by atoms with Gasteiger partial charge in [-0.15, -0.1) is 0 Å². The Bertz CT molecular complexity index is 549. The molecule has 1 rings (SSSR count). The fourth-order valence-corrected chi connectivity index (χ4v) is 2.60. The van der Waals surface area contributed by atoms with Gasteiger partial charge >= 0.3 is 0 Å². The third-order valence-electron chi connectivity index (χ3n) is 3.94. The fraction of sp³-hybridized carbons (Fsp3) is 0.667. The summed E-state index contributed by atoms with van der Waals surface area (Å²) in [7, 11) is 0. The molecule has 154 valence electrons. The van der Waals surface area contributed by atoms with Gasteiger partial charge in [-0.1, -0.05) is 6.07 Å². The van der Waals surface area contributed by atoms with Crippen molar-refractivity contribution in [2.45, 2.75) is 53.5 Å². The van der Waals surface area contributed by atoms with Crippen molar-refractivity contribution in [3.8, 4) is 11.5 Å². The van der Waals surface area contributed by atoms with Gasteiger partial charge in [0.2, 0.25) is 0 Å². The molecule has 0 aromatic heterocycles. The predicted molar refractivity (Wildman–Crippen MR) is 112 cm³/mol. The zero-order valence-electron chi connectivity index (χ0n) is 17.6. The minimum absolute atomic E-state index is 0.0982. The molecule has 1 atom stereocenters. The molecule has 0 spiro atoms. The second kappa shape index (κ2) is 14.2. The van der Waals surface area contributed by atoms with Gasteiger partial charge in [-0.3, -0.25) is 4.99 Å². The van der Waals surface area contributed by atoms with Crippen molar-refractivity contribution in [3.63, 3.8) is 0 Å². The van der Waals surface area contributed by atoms with Crippen molar-refractivity contribution < 1.29 is 14.2 Å². The van der Waals surface area contributed by atoms with Crippen molar-refractivity contribution in [2.75, 3.05) is 39.5 Å². The van der Waals surface area contributed by atoms with E-state index in [9.17, 15) is 0 Å². The average Bonchev–Trinajstić information content (AvgIpc) is 2.66. The number of nitrogens with one attached hydrogen (secondary N) is 2. The van der Waals surface area contributed by atoms with E-state index in [1.807, 2.05) is 32.9 Å². The molecule has 2 N–H and O–H groups in total. The van der Waals surface area contributed by atoms with E-state index in [-0.39, 0.29) is 6.04 Å². The largest absolute Gasteiger partial charge is 0.490 e. The fourth-order valence-electron chi connectivity index (χ4n) is 2.60. The highest BCUT2D eigenvalue weighted by Crippen LogP contribution is 2.30. The Morgan fingerprint density at radius 3 is 2.41 bits per heavy atom. The number of nitrogens with zero attached hydrogens (tertiary/aromatic N) is 1. The molecule has 0 saturated heterocycles. The molecule has 1 aromatic carbocycles. The van der Waals surface area contributed by atoms with Crippen LogP contribution in [0.2, 0.25) is 0 Å². The third-order valence-corrected chi connectivity index (χ3v) is 3.94. The van der Waals surface area contributed by atoms with Gasteiger partial charge in [-0.05, 0) is 65.2 Å². The predicted octanol–water partition coefficient (Wildman–Crippen LogP) is 3.92. The Labute approximate surface area is 164 Å². The normalized spacial score (nSPS) is 12.6. The highest BCUT2D eigenvalue weighted by molar-refractivity contribution is 5.80. The van der Waals surface area contributed by atoms with Gasteiger partial charge in [0.25, 0.3) is 0 Å². The second-order valence-corrected chi connectivity index (χ2v) is 6.10. The van der Waals surface area contributed by atoms with Crippen LogP contribution in [0.1, 0.15) is 59.1 Å². The van der Waals surface area contributed by atoms with Crippen molar-refractivity contribution in [3.05, 3.63) is 23.8 Å². The monoisotopic (exact) mass is 379 g/mol. The van der Waals surface area contributed by atoms with Gasteiger partial charge in [0.1, 0.15) is 0 Å². The van der Waals surface area contributed by atoms with Crippen LogP contribution < -0.4 is 20.1 Å². The van der Waals surface area contributed by atoms with E-state index in [4.69, 9.17) is 14.2 Å². The quantitative estimate of drug-likeness (QED) is 0.309. The second-order valence-electron chi connectivity index (χ2n) is 6.10. The number of hydrogen-bond acceptors (Lipinski definition) is 4. The Hall–Kier alpha value is -1.95. The Kier molecular flexibility index (Phi) is 12.1. The first-order valence-electron chi connectivity index (χ1n) is 10.2. The SMILES string of the molecule is CCNC(=NCCCCOCC)NC(C)c1ccc(OCC)c(OCC)c1. The topological polar surface area (TPSA) is 64.1 Å². The molecule has 6 nitrogen and oxygen atoms in total. The van der Waals surface area contributed by atoms with Crippen LogP contribution in [0.15, 0.2) is 23.2 Å². The lowest BCUT2D eigenvalue weighted by Crippen LogP contribution is -2.38. The molecule has 0 heterocycles. The molecule has 1 aromatic rings. The molecule has 1 unspecified atom stereocenters. The first-order valence-corrected chi connectivity index (χ1v) is 10.2.